The molecule has 8 nitrogen and oxygen atoms in total. The van der Waals surface area contributed by atoms with Crippen LogP contribution in [0, 0.1) is 0 Å². The topological polar surface area (TPSA) is 101 Å². The van der Waals surface area contributed by atoms with E-state index in [1.54, 1.807) is 6.92 Å². The van der Waals surface area contributed by atoms with Crippen LogP contribution in [0.25, 0.3) is 0 Å². The number of carbonyl (C=O) groups is 1. The summed E-state index contributed by atoms with van der Waals surface area (Å²) in [6, 6.07) is 0.216. The number of sulfonamides is 1. The standard InChI is InChI=1S/C10H16N4O4S/c1-4-18-10-11-5-8(6-12-10)13-9(15)7-14(2)19(3,16)17/h5-6H,4,7H2,1-3H3,(H,13,15). The minimum absolute atomic E-state index is 0.216. The molecule has 1 aromatic heterocycles. The largest absolute Gasteiger partial charge is 0.464 e. The van der Waals surface area contributed by atoms with Gasteiger partial charge >= 0.3 is 6.01 Å². The summed E-state index contributed by atoms with van der Waals surface area (Å²) in [4.78, 5) is 19.3. The van der Waals surface area contributed by atoms with Crippen LogP contribution in [0.2, 0.25) is 0 Å². The number of likely N-dealkylation sites (N-methyl/N-ethyl adjacent to an activating group) is 1. The van der Waals surface area contributed by atoms with E-state index in [0.29, 0.717) is 12.3 Å². The molecule has 0 radical (unpaired) electrons. The maximum Gasteiger partial charge on any atom is 0.316 e. The fourth-order valence-corrected chi connectivity index (χ4v) is 1.46. The van der Waals surface area contributed by atoms with E-state index in [0.717, 1.165) is 10.6 Å². The zero-order valence-corrected chi connectivity index (χ0v) is 11.8. The van der Waals surface area contributed by atoms with Crippen molar-refractivity contribution < 1.29 is 17.9 Å². The van der Waals surface area contributed by atoms with Crippen LogP contribution in [0.1, 0.15) is 6.92 Å². The van der Waals surface area contributed by atoms with Crippen LogP contribution in [-0.2, 0) is 14.8 Å². The number of hydrogen-bond donors (Lipinski definition) is 1. The molecule has 19 heavy (non-hydrogen) atoms. The third kappa shape index (κ3) is 5.18. The Kier molecular flexibility index (Phi) is 5.19. The van der Waals surface area contributed by atoms with Gasteiger partial charge in [0.15, 0.2) is 0 Å². The molecule has 0 fully saturated rings. The van der Waals surface area contributed by atoms with Gasteiger partial charge in [0.25, 0.3) is 0 Å². The Hall–Kier alpha value is -1.74. The fourth-order valence-electron chi connectivity index (χ4n) is 1.10. The van der Waals surface area contributed by atoms with Gasteiger partial charge < -0.3 is 10.1 Å². The van der Waals surface area contributed by atoms with Gasteiger partial charge in [-0.2, -0.15) is 4.31 Å². The van der Waals surface area contributed by atoms with Crippen LogP contribution >= 0.6 is 0 Å². The van der Waals surface area contributed by atoms with E-state index in [-0.39, 0.29) is 12.6 Å². The number of rotatable bonds is 6. The average Bonchev–Trinajstić information content (AvgIpc) is 2.30. The van der Waals surface area contributed by atoms with Gasteiger partial charge in [0.05, 0.1) is 37.5 Å². The molecular formula is C10H16N4O4S. The first-order valence-electron chi connectivity index (χ1n) is 5.49. The smallest absolute Gasteiger partial charge is 0.316 e. The lowest BCUT2D eigenvalue weighted by molar-refractivity contribution is -0.116. The summed E-state index contributed by atoms with van der Waals surface area (Å²) in [5, 5.41) is 2.49. The van der Waals surface area contributed by atoms with E-state index in [9.17, 15) is 13.2 Å². The molecule has 1 N–H and O–H groups in total. The second-order valence-corrected chi connectivity index (χ2v) is 5.84. The summed E-state index contributed by atoms with van der Waals surface area (Å²) in [6.45, 7) is 1.98. The van der Waals surface area contributed by atoms with Gasteiger partial charge in [-0.05, 0) is 6.92 Å². The van der Waals surface area contributed by atoms with Crippen LogP contribution < -0.4 is 10.1 Å². The van der Waals surface area contributed by atoms with E-state index in [1.165, 1.54) is 19.4 Å². The van der Waals surface area contributed by atoms with Crippen LogP contribution in [0.15, 0.2) is 12.4 Å². The van der Waals surface area contributed by atoms with Crippen molar-refractivity contribution in [3.05, 3.63) is 12.4 Å². The minimum Gasteiger partial charge on any atom is -0.464 e. The van der Waals surface area contributed by atoms with Crippen molar-refractivity contribution in [1.82, 2.24) is 14.3 Å². The molecule has 1 amide bonds. The second kappa shape index (κ2) is 6.43. The molecule has 0 unspecified atom stereocenters. The van der Waals surface area contributed by atoms with Gasteiger partial charge in [-0.25, -0.2) is 18.4 Å². The van der Waals surface area contributed by atoms with Gasteiger partial charge in [0.1, 0.15) is 0 Å². The highest BCUT2D eigenvalue weighted by molar-refractivity contribution is 7.88. The lowest BCUT2D eigenvalue weighted by atomic mass is 10.5. The van der Waals surface area contributed by atoms with Crippen LogP contribution in [0.5, 0.6) is 6.01 Å². The Labute approximate surface area is 111 Å². The number of nitrogens with one attached hydrogen (secondary N) is 1. The van der Waals surface area contributed by atoms with E-state index >= 15 is 0 Å². The van der Waals surface area contributed by atoms with Crippen LogP contribution in [0.3, 0.4) is 0 Å². The Balaban J connectivity index is 2.57. The summed E-state index contributed by atoms with van der Waals surface area (Å²) in [5.74, 6) is -0.472. The third-order valence-electron chi connectivity index (χ3n) is 2.12. The number of ether oxygens (including phenoxy) is 1. The highest BCUT2D eigenvalue weighted by atomic mass is 32.2. The first-order valence-corrected chi connectivity index (χ1v) is 7.33. The molecule has 0 aliphatic rings. The Morgan fingerprint density at radius 3 is 2.47 bits per heavy atom. The lowest BCUT2D eigenvalue weighted by Gasteiger charge is -2.13. The number of hydrogen-bond acceptors (Lipinski definition) is 6. The number of aromatic nitrogens is 2. The summed E-state index contributed by atoms with van der Waals surface area (Å²) in [5.41, 5.74) is 0.371. The van der Waals surface area contributed by atoms with Crippen molar-refractivity contribution in [3.63, 3.8) is 0 Å². The summed E-state index contributed by atoms with van der Waals surface area (Å²) in [7, 11) is -2.06. The van der Waals surface area contributed by atoms with Crippen molar-refractivity contribution in [2.45, 2.75) is 6.92 Å². The summed E-state index contributed by atoms with van der Waals surface area (Å²) < 4.78 is 28.3. The molecule has 0 aromatic carbocycles. The number of anilines is 1. The Morgan fingerprint density at radius 2 is 2.00 bits per heavy atom. The molecule has 0 saturated heterocycles. The molecule has 0 aliphatic heterocycles. The molecule has 1 aromatic rings. The maximum atomic E-state index is 11.6. The SMILES string of the molecule is CCOc1ncc(NC(=O)CN(C)S(C)(=O)=O)cn1. The quantitative estimate of drug-likeness (QED) is 0.771. The number of carbonyl (C=O) groups excluding carboxylic acids is 1. The van der Waals surface area contributed by atoms with Crippen molar-refractivity contribution in [3.8, 4) is 6.01 Å². The molecule has 106 valence electrons. The average molecular weight is 288 g/mol. The van der Waals surface area contributed by atoms with Crippen molar-refractivity contribution in [2.75, 3.05) is 31.8 Å². The predicted molar refractivity (Wildman–Crippen MR) is 69.3 cm³/mol. The fraction of sp³-hybridized carbons (Fsp3) is 0.500. The van der Waals surface area contributed by atoms with Gasteiger partial charge in [0, 0.05) is 7.05 Å². The summed E-state index contributed by atoms with van der Waals surface area (Å²) in [6.07, 6.45) is 3.80. The van der Waals surface area contributed by atoms with Gasteiger partial charge in [-0.3, -0.25) is 4.79 Å². The maximum absolute atomic E-state index is 11.6. The van der Waals surface area contributed by atoms with E-state index in [2.05, 4.69) is 15.3 Å². The summed E-state index contributed by atoms with van der Waals surface area (Å²) >= 11 is 0. The number of amides is 1. The predicted octanol–water partition coefficient (Wildman–Crippen LogP) is -0.295. The molecule has 0 aliphatic carbocycles. The van der Waals surface area contributed by atoms with Gasteiger partial charge in [-0.15, -0.1) is 0 Å². The number of nitrogens with zero attached hydrogens (tertiary/aromatic N) is 3. The van der Waals surface area contributed by atoms with Gasteiger partial charge in [0.2, 0.25) is 15.9 Å². The van der Waals surface area contributed by atoms with Crippen molar-refractivity contribution in [2.24, 2.45) is 0 Å². The molecule has 1 heterocycles. The minimum atomic E-state index is -3.38. The van der Waals surface area contributed by atoms with E-state index in [1.807, 2.05) is 0 Å². The molecule has 0 bridgehead atoms. The van der Waals surface area contributed by atoms with Crippen molar-refractivity contribution in [1.29, 1.82) is 0 Å². The molecule has 0 atom stereocenters. The Morgan fingerprint density at radius 1 is 1.42 bits per heavy atom. The van der Waals surface area contributed by atoms with Crippen LogP contribution in [-0.4, -0.2) is 55.1 Å². The Bertz CT molecular complexity index is 529. The molecule has 9 heteroatoms. The highest BCUT2D eigenvalue weighted by Crippen LogP contribution is 2.07. The van der Waals surface area contributed by atoms with Crippen molar-refractivity contribution >= 4 is 21.6 Å². The lowest BCUT2D eigenvalue weighted by Crippen LogP contribution is -2.34. The van der Waals surface area contributed by atoms with Gasteiger partial charge in [-0.1, -0.05) is 0 Å². The molecule has 0 spiro atoms. The first kappa shape index (κ1) is 15.3. The monoisotopic (exact) mass is 288 g/mol. The van der Waals surface area contributed by atoms with Crippen LogP contribution in [0.4, 0.5) is 5.69 Å². The second-order valence-electron chi connectivity index (χ2n) is 3.75. The normalized spacial score (nSPS) is 11.4. The molecule has 1 rings (SSSR count). The molecule has 0 saturated carbocycles. The van der Waals surface area contributed by atoms with E-state index < -0.39 is 15.9 Å². The first-order chi connectivity index (χ1) is 8.82. The zero-order chi connectivity index (χ0) is 14.5. The van der Waals surface area contributed by atoms with E-state index in [4.69, 9.17) is 4.74 Å². The third-order valence-corrected chi connectivity index (χ3v) is 3.38. The molecular weight excluding hydrogens is 272 g/mol. The zero-order valence-electron chi connectivity index (χ0n) is 11.0. The highest BCUT2D eigenvalue weighted by Gasteiger charge is 2.15.